The minimum absolute atomic E-state index is 0.127. The normalized spacial score (nSPS) is 17.6. The van der Waals surface area contributed by atoms with Gasteiger partial charge in [-0.15, -0.1) is 0 Å². The minimum atomic E-state index is -0.948. The summed E-state index contributed by atoms with van der Waals surface area (Å²) in [7, 11) is 0. The maximum absolute atomic E-state index is 11.9. The summed E-state index contributed by atoms with van der Waals surface area (Å²) in [6, 6.07) is 3.00. The summed E-state index contributed by atoms with van der Waals surface area (Å²) < 4.78 is 0. The Balaban J connectivity index is 2.31. The Bertz CT molecular complexity index is 520. The monoisotopic (exact) mass is 252 g/mol. The van der Waals surface area contributed by atoms with E-state index in [4.69, 9.17) is 16.4 Å². The lowest BCUT2D eigenvalue weighted by Gasteiger charge is -2.11. The zero-order valence-corrected chi connectivity index (χ0v) is 9.99. The smallest absolute Gasteiger partial charge is 0.270 e. The van der Waals surface area contributed by atoms with Gasteiger partial charge in [0.2, 0.25) is 5.78 Å². The van der Waals surface area contributed by atoms with E-state index in [1.165, 1.54) is 12.3 Å². The van der Waals surface area contributed by atoms with Crippen LogP contribution in [0.25, 0.3) is 0 Å². The van der Waals surface area contributed by atoms with Crippen molar-refractivity contribution in [1.29, 1.82) is 0 Å². The Kier molecular flexibility index (Phi) is 2.71. The topological polar surface area (TPSA) is 68.6 Å². The van der Waals surface area contributed by atoms with Gasteiger partial charge in [-0.05, 0) is 37.6 Å². The average molecular weight is 253 g/mol. The van der Waals surface area contributed by atoms with Gasteiger partial charge in [0.25, 0.3) is 5.24 Å². The fourth-order valence-corrected chi connectivity index (χ4v) is 1.47. The number of hydrogen-bond donors (Lipinski definition) is 0. The number of nitrogens with zero attached hydrogens (tertiary/aromatic N) is 2. The van der Waals surface area contributed by atoms with Crippen molar-refractivity contribution >= 4 is 28.3 Å². The number of aromatic nitrogens is 1. The van der Waals surface area contributed by atoms with Gasteiger partial charge in [-0.25, -0.2) is 0 Å². The maximum atomic E-state index is 11.9. The summed E-state index contributed by atoms with van der Waals surface area (Å²) in [6.45, 7) is 3.27. The third kappa shape index (κ3) is 2.06. The molecule has 6 heteroatoms. The summed E-state index contributed by atoms with van der Waals surface area (Å²) in [5.74, 6) is -0.218. The van der Waals surface area contributed by atoms with Crippen LogP contribution in [0, 0.1) is 0 Å². The second-order valence-electron chi connectivity index (χ2n) is 4.08. The first-order valence-corrected chi connectivity index (χ1v) is 5.27. The molecular weight excluding hydrogens is 244 g/mol. The van der Waals surface area contributed by atoms with Crippen LogP contribution in [-0.2, 0) is 9.63 Å². The molecule has 17 heavy (non-hydrogen) atoms. The van der Waals surface area contributed by atoms with Crippen LogP contribution in [0.15, 0.2) is 23.5 Å². The van der Waals surface area contributed by atoms with Crippen LogP contribution in [0.5, 0.6) is 0 Å². The highest BCUT2D eigenvalue weighted by atomic mass is 35.5. The van der Waals surface area contributed by atoms with Crippen LogP contribution in [0.4, 0.5) is 0 Å². The number of oxime groups is 1. The van der Waals surface area contributed by atoms with E-state index in [2.05, 4.69) is 10.1 Å². The van der Waals surface area contributed by atoms with Crippen LogP contribution in [-0.4, -0.2) is 27.3 Å². The Hall–Kier alpha value is -1.75. The van der Waals surface area contributed by atoms with E-state index < -0.39 is 10.8 Å². The van der Waals surface area contributed by atoms with E-state index in [9.17, 15) is 9.59 Å². The number of hydrogen-bond acceptors (Lipinski definition) is 5. The van der Waals surface area contributed by atoms with E-state index in [0.717, 1.165) is 0 Å². The average Bonchev–Trinajstić information content (AvgIpc) is 2.55. The lowest BCUT2D eigenvalue weighted by atomic mass is 9.97. The summed E-state index contributed by atoms with van der Waals surface area (Å²) in [4.78, 5) is 31.5. The number of carbonyl (C=O) groups excluding carboxylic acids is 2. The third-order valence-corrected chi connectivity index (χ3v) is 2.56. The molecular formula is C11H9ClN2O3. The van der Waals surface area contributed by atoms with Crippen molar-refractivity contribution in [3.05, 3.63) is 29.6 Å². The Morgan fingerprint density at radius 1 is 1.41 bits per heavy atom. The SMILES string of the molecule is CC1(C)ON=C(c2ccc(C(=O)Cl)nc2)C1=O. The van der Waals surface area contributed by atoms with Crippen LogP contribution in [0.2, 0.25) is 0 Å². The number of halogens is 1. The van der Waals surface area contributed by atoms with E-state index in [1.807, 2.05) is 0 Å². The zero-order valence-electron chi connectivity index (χ0n) is 9.23. The predicted octanol–water partition coefficient (Wildman–Crippen LogP) is 1.54. The van der Waals surface area contributed by atoms with Crippen LogP contribution >= 0.6 is 11.6 Å². The zero-order chi connectivity index (χ0) is 12.6. The molecule has 0 saturated carbocycles. The van der Waals surface area contributed by atoms with Crippen molar-refractivity contribution < 1.29 is 14.4 Å². The molecule has 1 aromatic heterocycles. The van der Waals surface area contributed by atoms with Gasteiger partial charge < -0.3 is 4.84 Å². The number of rotatable bonds is 2. The van der Waals surface area contributed by atoms with E-state index in [-0.39, 0.29) is 17.2 Å². The molecule has 0 bridgehead atoms. The van der Waals surface area contributed by atoms with Crippen molar-refractivity contribution in [2.45, 2.75) is 19.4 Å². The Labute approximate surface area is 102 Å². The van der Waals surface area contributed by atoms with Crippen LogP contribution in [0.3, 0.4) is 0 Å². The Morgan fingerprint density at radius 3 is 2.53 bits per heavy atom. The summed E-state index contributed by atoms with van der Waals surface area (Å²) >= 11 is 5.27. The number of Topliss-reactive ketones (excluding diaryl/α,β-unsaturated/α-hetero) is 1. The van der Waals surface area contributed by atoms with Gasteiger partial charge in [0.05, 0.1) is 0 Å². The first-order valence-electron chi connectivity index (χ1n) is 4.89. The molecule has 0 N–H and O–H groups in total. The van der Waals surface area contributed by atoms with Gasteiger partial charge in [-0.3, -0.25) is 14.6 Å². The molecule has 0 atom stereocenters. The molecule has 2 rings (SSSR count). The van der Waals surface area contributed by atoms with Gasteiger partial charge in [0.15, 0.2) is 11.3 Å². The van der Waals surface area contributed by atoms with Gasteiger partial charge in [-0.1, -0.05) is 5.16 Å². The fraction of sp³-hybridized carbons (Fsp3) is 0.273. The molecule has 1 aromatic rings. The third-order valence-electron chi connectivity index (χ3n) is 2.37. The first-order chi connectivity index (χ1) is 7.92. The first kappa shape index (κ1) is 11.7. The van der Waals surface area contributed by atoms with Crippen molar-refractivity contribution in [2.75, 3.05) is 0 Å². The predicted molar refractivity (Wildman–Crippen MR) is 61.1 cm³/mol. The number of pyridine rings is 1. The van der Waals surface area contributed by atoms with Crippen molar-refractivity contribution in [2.24, 2.45) is 5.16 Å². The van der Waals surface area contributed by atoms with Crippen molar-refractivity contribution in [3.8, 4) is 0 Å². The highest BCUT2D eigenvalue weighted by molar-refractivity contribution is 6.67. The maximum Gasteiger partial charge on any atom is 0.270 e. The minimum Gasteiger partial charge on any atom is -0.381 e. The second-order valence-corrected chi connectivity index (χ2v) is 4.42. The molecule has 0 fully saturated rings. The molecule has 1 aliphatic rings. The van der Waals surface area contributed by atoms with E-state index in [1.54, 1.807) is 19.9 Å². The van der Waals surface area contributed by atoms with Crippen molar-refractivity contribution in [1.82, 2.24) is 4.98 Å². The molecule has 1 aliphatic heterocycles. The standard InChI is InChI=1S/C11H9ClN2O3/c1-11(2)9(15)8(14-17-11)6-3-4-7(10(12)16)13-5-6/h3-5H,1-2H3. The molecule has 0 unspecified atom stereocenters. The summed E-state index contributed by atoms with van der Waals surface area (Å²) in [6.07, 6.45) is 1.37. The van der Waals surface area contributed by atoms with Crippen LogP contribution in [0.1, 0.15) is 29.9 Å². The van der Waals surface area contributed by atoms with E-state index in [0.29, 0.717) is 5.56 Å². The highest BCUT2D eigenvalue weighted by Crippen LogP contribution is 2.22. The van der Waals surface area contributed by atoms with Crippen LogP contribution < -0.4 is 0 Å². The molecule has 0 saturated heterocycles. The van der Waals surface area contributed by atoms with Gasteiger partial charge in [0.1, 0.15) is 5.69 Å². The quantitative estimate of drug-likeness (QED) is 0.749. The van der Waals surface area contributed by atoms with Gasteiger partial charge in [0, 0.05) is 11.8 Å². The second kappa shape index (κ2) is 3.92. The van der Waals surface area contributed by atoms with Crippen molar-refractivity contribution in [3.63, 3.8) is 0 Å². The molecule has 88 valence electrons. The molecule has 5 nitrogen and oxygen atoms in total. The molecule has 0 radical (unpaired) electrons. The molecule has 0 amide bonds. The molecule has 2 heterocycles. The summed E-state index contributed by atoms with van der Waals surface area (Å²) in [5.41, 5.74) is -0.115. The lowest BCUT2D eigenvalue weighted by molar-refractivity contribution is -0.128. The number of ketones is 1. The largest absolute Gasteiger partial charge is 0.381 e. The molecule has 0 spiro atoms. The van der Waals surface area contributed by atoms with Gasteiger partial charge in [-0.2, -0.15) is 0 Å². The molecule has 0 aromatic carbocycles. The Morgan fingerprint density at radius 2 is 2.12 bits per heavy atom. The fourth-order valence-electron chi connectivity index (χ4n) is 1.36. The van der Waals surface area contributed by atoms with Gasteiger partial charge >= 0.3 is 0 Å². The lowest BCUT2D eigenvalue weighted by Crippen LogP contribution is -2.33. The molecule has 0 aliphatic carbocycles. The highest BCUT2D eigenvalue weighted by Gasteiger charge is 2.40. The summed E-state index contributed by atoms with van der Waals surface area (Å²) in [5, 5.41) is 3.08. The van der Waals surface area contributed by atoms with E-state index >= 15 is 0 Å². The number of carbonyl (C=O) groups is 2.